The number of nitrogens with zero attached hydrogens (tertiary/aromatic N) is 2. The fraction of sp³-hybridized carbons (Fsp3) is 0.526. The molecule has 0 radical (unpaired) electrons. The highest BCUT2D eigenvalue weighted by atomic mass is 16.5. The van der Waals surface area contributed by atoms with Gasteiger partial charge in [0.05, 0.1) is 24.6 Å². The zero-order chi connectivity index (χ0) is 16.4. The smallest absolute Gasteiger partial charge is 0.0826 e. The molecule has 4 rings (SSSR count). The molecular formula is C19H26N4O. The lowest BCUT2D eigenvalue weighted by atomic mass is 10.1. The molecule has 2 heterocycles. The van der Waals surface area contributed by atoms with Crippen molar-refractivity contribution in [3.05, 3.63) is 41.6 Å². The summed E-state index contributed by atoms with van der Waals surface area (Å²) < 4.78 is 5.91. The first-order valence-electron chi connectivity index (χ1n) is 8.95. The van der Waals surface area contributed by atoms with E-state index in [0.717, 1.165) is 44.5 Å². The van der Waals surface area contributed by atoms with Crippen molar-refractivity contribution >= 4 is 0 Å². The van der Waals surface area contributed by atoms with Gasteiger partial charge in [-0.05, 0) is 25.8 Å². The van der Waals surface area contributed by atoms with Crippen LogP contribution in [0.4, 0.5) is 0 Å². The number of aryl methyl sites for hydroxylation is 1. The highest BCUT2D eigenvalue weighted by molar-refractivity contribution is 5.63. The number of morpholine rings is 1. The van der Waals surface area contributed by atoms with E-state index in [4.69, 9.17) is 4.74 Å². The van der Waals surface area contributed by atoms with E-state index in [2.05, 4.69) is 51.6 Å². The van der Waals surface area contributed by atoms with Crippen molar-refractivity contribution < 1.29 is 4.74 Å². The van der Waals surface area contributed by atoms with Crippen LogP contribution >= 0.6 is 0 Å². The van der Waals surface area contributed by atoms with Crippen LogP contribution in [0.25, 0.3) is 11.3 Å². The fourth-order valence-electron chi connectivity index (χ4n) is 3.50. The summed E-state index contributed by atoms with van der Waals surface area (Å²) in [6, 6.07) is 9.35. The van der Waals surface area contributed by atoms with E-state index in [0.29, 0.717) is 6.10 Å². The molecular weight excluding hydrogens is 300 g/mol. The van der Waals surface area contributed by atoms with Gasteiger partial charge in [0, 0.05) is 43.3 Å². The van der Waals surface area contributed by atoms with Gasteiger partial charge in [-0.2, -0.15) is 5.10 Å². The molecule has 1 atom stereocenters. The molecule has 5 heteroatoms. The highest BCUT2D eigenvalue weighted by Crippen LogP contribution is 2.28. The van der Waals surface area contributed by atoms with Crippen LogP contribution in [0.1, 0.15) is 24.0 Å². The molecule has 2 fully saturated rings. The average Bonchev–Trinajstić information content (AvgIpc) is 3.34. The largest absolute Gasteiger partial charge is 0.374 e. The van der Waals surface area contributed by atoms with Crippen molar-refractivity contribution in [1.82, 2.24) is 20.4 Å². The number of H-pyrrole nitrogens is 1. The van der Waals surface area contributed by atoms with Crippen LogP contribution in [0.5, 0.6) is 0 Å². The number of rotatable bonds is 6. The molecule has 1 aromatic carbocycles. The Morgan fingerprint density at radius 2 is 2.29 bits per heavy atom. The lowest BCUT2D eigenvalue weighted by Crippen LogP contribution is -2.47. The molecule has 1 saturated heterocycles. The predicted octanol–water partition coefficient (Wildman–Crippen LogP) is 2.34. The number of hydrogen-bond acceptors (Lipinski definition) is 4. The van der Waals surface area contributed by atoms with Crippen LogP contribution < -0.4 is 5.32 Å². The molecule has 1 aromatic heterocycles. The molecule has 2 N–H and O–H groups in total. The number of hydrogen-bond donors (Lipinski definition) is 2. The number of aromatic amines is 1. The summed E-state index contributed by atoms with van der Waals surface area (Å²) in [5.74, 6) is 0. The molecule has 1 unspecified atom stereocenters. The van der Waals surface area contributed by atoms with Crippen molar-refractivity contribution in [2.45, 2.75) is 38.5 Å². The summed E-state index contributed by atoms with van der Waals surface area (Å²) >= 11 is 0. The van der Waals surface area contributed by atoms with E-state index in [-0.39, 0.29) is 0 Å². The third kappa shape index (κ3) is 3.69. The third-order valence-corrected chi connectivity index (χ3v) is 4.95. The maximum absolute atomic E-state index is 5.91. The normalized spacial score (nSPS) is 22.0. The van der Waals surface area contributed by atoms with Gasteiger partial charge >= 0.3 is 0 Å². The third-order valence-electron chi connectivity index (χ3n) is 4.95. The molecule has 1 aliphatic heterocycles. The van der Waals surface area contributed by atoms with Crippen LogP contribution in [0.3, 0.4) is 0 Å². The molecule has 0 bridgehead atoms. The maximum Gasteiger partial charge on any atom is 0.0826 e. The zero-order valence-corrected chi connectivity index (χ0v) is 14.3. The van der Waals surface area contributed by atoms with Gasteiger partial charge in [0.25, 0.3) is 0 Å². The highest BCUT2D eigenvalue weighted by Gasteiger charge is 2.32. The molecule has 0 spiro atoms. The summed E-state index contributed by atoms with van der Waals surface area (Å²) in [6.07, 6.45) is 4.96. The van der Waals surface area contributed by atoms with Gasteiger partial charge in [-0.15, -0.1) is 0 Å². The van der Waals surface area contributed by atoms with Crippen LogP contribution in [0.2, 0.25) is 0 Å². The second kappa shape index (κ2) is 7.05. The van der Waals surface area contributed by atoms with Crippen LogP contribution in [-0.4, -0.2) is 53.5 Å². The Labute approximate surface area is 143 Å². The second-order valence-electron chi connectivity index (χ2n) is 6.99. The maximum atomic E-state index is 5.91. The number of nitrogens with one attached hydrogen (secondary N) is 2. The van der Waals surface area contributed by atoms with Gasteiger partial charge in [-0.25, -0.2) is 0 Å². The van der Waals surface area contributed by atoms with Crippen LogP contribution in [0.15, 0.2) is 30.5 Å². The van der Waals surface area contributed by atoms with E-state index in [1.54, 1.807) is 0 Å². The molecule has 2 aliphatic rings. The topological polar surface area (TPSA) is 53.2 Å². The second-order valence-corrected chi connectivity index (χ2v) is 6.99. The quantitative estimate of drug-likeness (QED) is 0.855. The first kappa shape index (κ1) is 15.8. The van der Waals surface area contributed by atoms with Crippen molar-refractivity contribution in [3.63, 3.8) is 0 Å². The van der Waals surface area contributed by atoms with Crippen LogP contribution in [-0.2, 0) is 11.3 Å². The summed E-state index contributed by atoms with van der Waals surface area (Å²) in [4.78, 5) is 2.59. The lowest BCUT2D eigenvalue weighted by Gasteiger charge is -2.33. The fourth-order valence-corrected chi connectivity index (χ4v) is 3.50. The van der Waals surface area contributed by atoms with E-state index in [1.807, 2.05) is 6.20 Å². The number of aromatic nitrogens is 2. The lowest BCUT2D eigenvalue weighted by molar-refractivity contribution is -0.0301. The first-order valence-corrected chi connectivity index (χ1v) is 8.95. The summed E-state index contributed by atoms with van der Waals surface area (Å²) in [5.41, 5.74) is 4.76. The van der Waals surface area contributed by atoms with Gasteiger partial charge in [-0.3, -0.25) is 10.00 Å². The minimum atomic E-state index is 0.300. The minimum Gasteiger partial charge on any atom is -0.374 e. The van der Waals surface area contributed by atoms with E-state index >= 15 is 0 Å². The standard InChI is InChI=1S/C19H26N4O/c1-14-3-2-4-15(9-14)19-16(11-21-22-19)10-20-12-18-13-23(7-8-24-18)17-5-6-17/h2-4,9,11,17-18,20H,5-8,10,12-13H2,1H3,(H,21,22). The van der Waals surface area contributed by atoms with Crippen molar-refractivity contribution in [3.8, 4) is 11.3 Å². The Morgan fingerprint density at radius 3 is 3.12 bits per heavy atom. The van der Waals surface area contributed by atoms with Crippen LogP contribution in [0, 0.1) is 6.92 Å². The molecule has 128 valence electrons. The molecule has 0 amide bonds. The van der Waals surface area contributed by atoms with Gasteiger partial charge in [0.2, 0.25) is 0 Å². The minimum absolute atomic E-state index is 0.300. The molecule has 1 saturated carbocycles. The summed E-state index contributed by atoms with van der Waals surface area (Å²) in [5, 5.41) is 10.9. The average molecular weight is 326 g/mol. The monoisotopic (exact) mass is 326 g/mol. The van der Waals surface area contributed by atoms with Crippen molar-refractivity contribution in [1.29, 1.82) is 0 Å². The Balaban J connectivity index is 1.32. The van der Waals surface area contributed by atoms with E-state index < -0.39 is 0 Å². The Morgan fingerprint density at radius 1 is 1.38 bits per heavy atom. The van der Waals surface area contributed by atoms with Gasteiger partial charge < -0.3 is 10.1 Å². The summed E-state index contributed by atoms with van der Waals surface area (Å²) in [6.45, 7) is 6.84. The van der Waals surface area contributed by atoms with Gasteiger partial charge in [-0.1, -0.05) is 23.8 Å². The van der Waals surface area contributed by atoms with E-state index in [1.165, 1.54) is 29.5 Å². The summed E-state index contributed by atoms with van der Waals surface area (Å²) in [7, 11) is 0. The number of ether oxygens (including phenoxy) is 1. The Hall–Kier alpha value is -1.69. The molecule has 1 aliphatic carbocycles. The Kier molecular flexibility index (Phi) is 4.65. The zero-order valence-electron chi connectivity index (χ0n) is 14.3. The number of benzene rings is 1. The first-order chi connectivity index (χ1) is 11.8. The molecule has 2 aromatic rings. The molecule has 24 heavy (non-hydrogen) atoms. The van der Waals surface area contributed by atoms with Crippen molar-refractivity contribution in [2.24, 2.45) is 0 Å². The molecule has 5 nitrogen and oxygen atoms in total. The van der Waals surface area contributed by atoms with Crippen molar-refractivity contribution in [2.75, 3.05) is 26.2 Å². The Bertz CT molecular complexity index is 680. The SMILES string of the molecule is Cc1cccc(-c2[nH]ncc2CNCC2CN(C3CC3)CCO2)c1. The van der Waals surface area contributed by atoms with Gasteiger partial charge in [0.1, 0.15) is 0 Å². The predicted molar refractivity (Wildman–Crippen MR) is 94.8 cm³/mol. The van der Waals surface area contributed by atoms with Gasteiger partial charge in [0.15, 0.2) is 0 Å². The van der Waals surface area contributed by atoms with E-state index in [9.17, 15) is 0 Å².